The summed E-state index contributed by atoms with van der Waals surface area (Å²) in [6.07, 6.45) is -5.98. The number of hydrogen-bond donors (Lipinski definition) is 4. The minimum absolute atomic E-state index is 0.00732. The fourth-order valence-corrected chi connectivity index (χ4v) is 9.99. The van der Waals surface area contributed by atoms with Gasteiger partial charge in [-0.25, -0.2) is 40.1 Å². The first-order chi connectivity index (χ1) is 31.0. The number of halogens is 8. The highest BCUT2D eigenvalue weighted by atomic mass is 19.3. The van der Waals surface area contributed by atoms with Gasteiger partial charge in [-0.2, -0.15) is 10.5 Å². The van der Waals surface area contributed by atoms with Crippen LogP contribution >= 0.6 is 0 Å². The van der Waals surface area contributed by atoms with E-state index in [1.165, 1.54) is 19.2 Å². The van der Waals surface area contributed by atoms with Crippen molar-refractivity contribution in [2.24, 2.45) is 0 Å². The summed E-state index contributed by atoms with van der Waals surface area (Å²) in [5.74, 6) is -8.98. The van der Waals surface area contributed by atoms with E-state index in [4.69, 9.17) is 9.47 Å². The summed E-state index contributed by atoms with van der Waals surface area (Å²) in [5, 5.41) is 52.2. The quantitative estimate of drug-likeness (QED) is 0.0679. The third kappa shape index (κ3) is 8.34. The molecule has 1 heterocycles. The van der Waals surface area contributed by atoms with Crippen LogP contribution in [0.3, 0.4) is 0 Å². The number of nitrogens with zero attached hydrogens (tertiary/aromatic N) is 3. The van der Waals surface area contributed by atoms with Gasteiger partial charge in [-0.1, -0.05) is 24.3 Å². The monoisotopic (exact) mass is 902 g/mol. The molecule has 4 aliphatic rings. The molecule has 9 rings (SSSR count). The van der Waals surface area contributed by atoms with Crippen molar-refractivity contribution >= 4 is 24.1 Å². The number of aromatic nitrogens is 1. The Hall–Kier alpha value is -5.89. The molecule has 0 saturated carbocycles. The SMILES string of the molecule is COCO[C@H]1c2c(B(O)O)ccc([C@H]3CC[C@H](F)c4cc(F)cc(C#N)c43)c2CC1(F)F.N#Cc1cc(F)cc2c1[C@@H](c1ccc(Nc3ccccn3)c3c1CC(F)(F)[C@H]3O)CC[C@@H]2F. The molecule has 9 nitrogen and oxygen atoms in total. The third-order valence-electron chi connectivity index (χ3n) is 12.7. The number of benzene rings is 4. The molecular weight excluding hydrogens is 863 g/mol. The van der Waals surface area contributed by atoms with Crippen LogP contribution in [0.2, 0.25) is 0 Å². The maximum Gasteiger partial charge on any atom is 0.488 e. The summed E-state index contributed by atoms with van der Waals surface area (Å²) in [7, 11) is -0.737. The van der Waals surface area contributed by atoms with Crippen molar-refractivity contribution in [3.8, 4) is 12.1 Å². The van der Waals surface area contributed by atoms with Gasteiger partial charge in [0.15, 0.2) is 0 Å². The lowest BCUT2D eigenvalue weighted by Gasteiger charge is -2.31. The van der Waals surface area contributed by atoms with Gasteiger partial charge in [0, 0.05) is 49.2 Å². The molecule has 0 aliphatic heterocycles. The van der Waals surface area contributed by atoms with E-state index in [-0.39, 0.29) is 81.2 Å². The van der Waals surface area contributed by atoms with E-state index in [2.05, 4.69) is 10.3 Å². The van der Waals surface area contributed by atoms with E-state index in [1.807, 2.05) is 12.1 Å². The second-order valence-corrected chi connectivity index (χ2v) is 16.5. The molecule has 6 atom stereocenters. The number of nitrogens with one attached hydrogen (secondary N) is 1. The minimum atomic E-state index is -3.39. The molecule has 336 valence electrons. The zero-order valence-corrected chi connectivity index (χ0v) is 34.4. The van der Waals surface area contributed by atoms with E-state index in [1.54, 1.807) is 36.5 Å². The van der Waals surface area contributed by atoms with Crippen molar-refractivity contribution in [1.82, 2.24) is 4.98 Å². The van der Waals surface area contributed by atoms with Crippen molar-refractivity contribution in [3.05, 3.63) is 151 Å². The zero-order valence-electron chi connectivity index (χ0n) is 34.4. The molecule has 0 bridgehead atoms. The molecule has 65 heavy (non-hydrogen) atoms. The van der Waals surface area contributed by atoms with Gasteiger partial charge in [0.1, 0.15) is 48.8 Å². The maximum atomic E-state index is 15.0. The zero-order chi connectivity index (χ0) is 46.5. The molecule has 1 aromatic heterocycles. The van der Waals surface area contributed by atoms with E-state index >= 15 is 0 Å². The van der Waals surface area contributed by atoms with Gasteiger partial charge in [0.25, 0.3) is 11.8 Å². The maximum absolute atomic E-state index is 15.0. The highest BCUT2D eigenvalue weighted by Gasteiger charge is 2.53. The van der Waals surface area contributed by atoms with Crippen molar-refractivity contribution in [3.63, 3.8) is 0 Å². The topological polar surface area (TPSA) is 152 Å². The Bertz CT molecular complexity index is 2730. The summed E-state index contributed by atoms with van der Waals surface area (Å²) >= 11 is 0. The molecule has 4 N–H and O–H groups in total. The van der Waals surface area contributed by atoms with Gasteiger partial charge in [-0.15, -0.1) is 0 Å². The molecule has 18 heteroatoms. The van der Waals surface area contributed by atoms with E-state index < -0.39 is 86.6 Å². The molecule has 0 spiro atoms. The van der Waals surface area contributed by atoms with Crippen molar-refractivity contribution in [2.75, 3.05) is 19.2 Å². The van der Waals surface area contributed by atoms with Crippen molar-refractivity contribution < 1.29 is 59.8 Å². The lowest BCUT2D eigenvalue weighted by molar-refractivity contribution is -0.169. The number of alkyl halides is 6. The molecule has 0 unspecified atom stereocenters. The van der Waals surface area contributed by atoms with E-state index in [9.17, 15) is 60.8 Å². The number of fused-ring (bicyclic) bond motifs is 4. The fraction of sp³-hybridized carbons (Fsp3) is 0.340. The molecule has 4 aromatic carbocycles. The van der Waals surface area contributed by atoms with Crippen LogP contribution < -0.4 is 10.8 Å². The van der Waals surface area contributed by atoms with Crippen LogP contribution in [0.25, 0.3) is 0 Å². The largest absolute Gasteiger partial charge is 0.488 e. The molecule has 0 saturated heterocycles. The van der Waals surface area contributed by atoms with Crippen LogP contribution in [-0.2, 0) is 22.3 Å². The molecule has 0 radical (unpaired) electrons. The number of hydrogen-bond acceptors (Lipinski definition) is 9. The minimum Gasteiger partial charge on any atom is -0.423 e. The Kier molecular flexibility index (Phi) is 12.5. The van der Waals surface area contributed by atoms with Gasteiger partial charge < -0.3 is 29.9 Å². The number of aliphatic hydroxyl groups excluding tert-OH is 1. The second kappa shape index (κ2) is 17.8. The van der Waals surface area contributed by atoms with Crippen LogP contribution in [0, 0.1) is 34.3 Å². The first-order valence-electron chi connectivity index (χ1n) is 20.6. The average Bonchev–Trinajstić information content (AvgIpc) is 3.69. The highest BCUT2D eigenvalue weighted by molar-refractivity contribution is 6.59. The summed E-state index contributed by atoms with van der Waals surface area (Å²) in [6.45, 7) is -0.432. The van der Waals surface area contributed by atoms with Crippen molar-refractivity contribution in [1.29, 1.82) is 10.5 Å². The summed E-state index contributed by atoms with van der Waals surface area (Å²) < 4.78 is 127. The summed E-state index contributed by atoms with van der Waals surface area (Å²) in [6, 6.07) is 19.2. The predicted octanol–water partition coefficient (Wildman–Crippen LogP) is 9.16. The lowest BCUT2D eigenvalue weighted by atomic mass is 9.70. The molecule has 0 amide bonds. The number of aliphatic hydroxyl groups is 1. The first-order valence-corrected chi connectivity index (χ1v) is 20.6. The van der Waals surface area contributed by atoms with E-state index in [0.29, 0.717) is 28.2 Å². The van der Waals surface area contributed by atoms with Crippen molar-refractivity contribution in [2.45, 2.75) is 86.8 Å². The Morgan fingerprint density at radius 2 is 1.29 bits per heavy atom. The van der Waals surface area contributed by atoms with Crippen LogP contribution in [-0.4, -0.2) is 53.0 Å². The van der Waals surface area contributed by atoms with Crippen LogP contribution in [0.15, 0.2) is 72.9 Å². The first kappa shape index (κ1) is 45.7. The lowest BCUT2D eigenvalue weighted by Crippen LogP contribution is -2.36. The Balaban J connectivity index is 0.000000177. The van der Waals surface area contributed by atoms with Crippen LogP contribution in [0.5, 0.6) is 0 Å². The van der Waals surface area contributed by atoms with Gasteiger partial charge >= 0.3 is 7.12 Å². The fourth-order valence-electron chi connectivity index (χ4n) is 9.99. The normalized spacial score (nSPS) is 23.1. The Morgan fingerprint density at radius 3 is 1.82 bits per heavy atom. The Labute approximate surface area is 368 Å². The van der Waals surface area contributed by atoms with E-state index in [0.717, 1.165) is 24.3 Å². The van der Waals surface area contributed by atoms with Crippen LogP contribution in [0.4, 0.5) is 46.6 Å². The highest BCUT2D eigenvalue weighted by Crippen LogP contribution is 2.54. The van der Waals surface area contributed by atoms with Gasteiger partial charge in [0.05, 0.1) is 23.3 Å². The molecule has 5 aromatic rings. The third-order valence-corrected chi connectivity index (χ3v) is 12.7. The van der Waals surface area contributed by atoms with Gasteiger partial charge in [0.2, 0.25) is 0 Å². The number of methoxy groups -OCH3 is 1. The summed E-state index contributed by atoms with van der Waals surface area (Å²) in [4.78, 5) is 4.15. The van der Waals surface area contributed by atoms with Gasteiger partial charge in [-0.3, -0.25) is 0 Å². The van der Waals surface area contributed by atoms with Crippen LogP contribution in [0.1, 0.15) is 129 Å². The second-order valence-electron chi connectivity index (χ2n) is 16.5. The predicted molar refractivity (Wildman–Crippen MR) is 220 cm³/mol. The molecule has 0 fully saturated rings. The number of pyridine rings is 1. The molecule has 4 aliphatic carbocycles. The number of rotatable bonds is 8. The summed E-state index contributed by atoms with van der Waals surface area (Å²) in [5.41, 5.74) is 2.16. The smallest absolute Gasteiger partial charge is 0.423 e. The number of ether oxygens (including phenoxy) is 2. The molecular formula is C47H39BF8N4O5. The average molecular weight is 903 g/mol. The van der Waals surface area contributed by atoms with Gasteiger partial charge in [-0.05, 0) is 124 Å². The Morgan fingerprint density at radius 1 is 0.738 bits per heavy atom. The number of nitriles is 2. The number of anilines is 2. The standard InChI is InChI=1S/C25H19F4N3O.C22H20BF4NO4/c26-14-9-13(12-30)22-16(4-6-19(27)17(22)10-14)15-5-7-20(32-21-3-1-2-8-31-21)23-18(15)11-25(28,29)24(23)33;1-31-10-32-21-20-16(8-22(21,26)27)13(2-4-17(20)23(29)30)14-3-5-18(25)15-7-12(24)6-11(9-28)19(14)15/h1-3,5,7-10,16,19,24,33H,4,6,11H2,(H,31,32);2,4,6-7,14,18,21,29-30H,3,5,8,10H2,1H3/t16-,19+,24+;14-,18+,21+/m11/s1.